The van der Waals surface area contributed by atoms with Crippen LogP contribution in [-0.2, 0) is 18.3 Å². The fraction of sp³-hybridized carbons (Fsp3) is 0.158. The Morgan fingerprint density at radius 3 is 2.65 bits per heavy atom. The highest BCUT2D eigenvalue weighted by atomic mass is 35.5. The van der Waals surface area contributed by atoms with E-state index in [4.69, 9.17) is 16.3 Å². The van der Waals surface area contributed by atoms with Crippen LogP contribution in [0, 0.1) is 0 Å². The topological polar surface area (TPSA) is 80.6 Å². The minimum atomic E-state index is -1.08. The van der Waals surface area contributed by atoms with Gasteiger partial charge in [-0.05, 0) is 24.3 Å². The second kappa shape index (κ2) is 7.09. The minimum absolute atomic E-state index is 0.0847. The second-order valence-corrected chi connectivity index (χ2v) is 6.21. The predicted octanol–water partition coefficient (Wildman–Crippen LogP) is 3.72. The average Bonchev–Trinajstić information content (AvgIpc) is 2.88. The van der Waals surface area contributed by atoms with Gasteiger partial charge in [0.25, 0.3) is 0 Å². The highest BCUT2D eigenvalue weighted by molar-refractivity contribution is 6.31. The third kappa shape index (κ3) is 3.23. The number of ether oxygens (including phenoxy) is 1. The molecule has 134 valence electrons. The number of hydrogen-bond donors (Lipinski definition) is 2. The van der Waals surface area contributed by atoms with E-state index in [0.29, 0.717) is 22.0 Å². The van der Waals surface area contributed by atoms with E-state index in [1.165, 1.54) is 7.11 Å². The average molecular weight is 373 g/mol. The number of carboxylic acids is 1. The maximum Gasteiger partial charge on any atom is 0.352 e. The van der Waals surface area contributed by atoms with Crippen molar-refractivity contribution < 1.29 is 19.4 Å². The summed E-state index contributed by atoms with van der Waals surface area (Å²) < 4.78 is 6.80. The molecule has 1 aromatic heterocycles. The molecule has 3 rings (SSSR count). The van der Waals surface area contributed by atoms with Gasteiger partial charge in [0.05, 0.1) is 19.2 Å². The van der Waals surface area contributed by atoms with Crippen LogP contribution in [0.3, 0.4) is 0 Å². The summed E-state index contributed by atoms with van der Waals surface area (Å²) in [5, 5.41) is 13.5. The molecule has 0 fully saturated rings. The quantitative estimate of drug-likeness (QED) is 0.715. The van der Waals surface area contributed by atoms with Gasteiger partial charge in [0.2, 0.25) is 5.91 Å². The summed E-state index contributed by atoms with van der Waals surface area (Å²) in [4.78, 5) is 24.3. The number of methoxy groups -OCH3 is 1. The SMILES string of the molecule is COc1ccc(Cl)cc1NC(=O)Cc1c(C(=O)O)n(C)c2ccccc12. The third-order valence-corrected chi connectivity index (χ3v) is 4.42. The van der Waals surface area contributed by atoms with Gasteiger partial charge in [0.1, 0.15) is 11.4 Å². The molecule has 0 aliphatic rings. The number of nitrogens with zero attached hydrogens (tertiary/aromatic N) is 1. The van der Waals surface area contributed by atoms with Crippen molar-refractivity contribution in [3.8, 4) is 5.75 Å². The number of para-hydroxylation sites is 1. The monoisotopic (exact) mass is 372 g/mol. The molecule has 1 heterocycles. The first-order valence-electron chi connectivity index (χ1n) is 7.85. The molecule has 0 unspecified atom stereocenters. The van der Waals surface area contributed by atoms with E-state index in [0.717, 1.165) is 10.9 Å². The highest BCUT2D eigenvalue weighted by Crippen LogP contribution is 2.29. The second-order valence-electron chi connectivity index (χ2n) is 5.78. The molecule has 0 atom stereocenters. The summed E-state index contributed by atoms with van der Waals surface area (Å²) in [5.74, 6) is -0.963. The number of aryl methyl sites for hydroxylation is 1. The molecular formula is C19H17ClN2O4. The molecule has 3 aromatic rings. The Balaban J connectivity index is 1.97. The van der Waals surface area contributed by atoms with Gasteiger partial charge in [-0.25, -0.2) is 4.79 Å². The number of aromatic carboxylic acids is 1. The van der Waals surface area contributed by atoms with Gasteiger partial charge < -0.3 is 19.7 Å². The van der Waals surface area contributed by atoms with Crippen molar-refractivity contribution in [2.45, 2.75) is 6.42 Å². The number of benzene rings is 2. The first-order chi connectivity index (χ1) is 12.4. The highest BCUT2D eigenvalue weighted by Gasteiger charge is 2.22. The lowest BCUT2D eigenvalue weighted by atomic mass is 10.1. The number of carbonyl (C=O) groups excluding carboxylic acids is 1. The van der Waals surface area contributed by atoms with Gasteiger partial charge in [-0.15, -0.1) is 0 Å². The smallest absolute Gasteiger partial charge is 0.352 e. The number of fused-ring (bicyclic) bond motifs is 1. The van der Waals surface area contributed by atoms with Crippen LogP contribution in [0.4, 0.5) is 5.69 Å². The summed E-state index contributed by atoms with van der Waals surface area (Å²) in [7, 11) is 3.17. The number of amides is 1. The van der Waals surface area contributed by atoms with Crippen LogP contribution in [0.2, 0.25) is 5.02 Å². The van der Waals surface area contributed by atoms with Crippen molar-refractivity contribution in [3.05, 3.63) is 58.7 Å². The fourth-order valence-corrected chi connectivity index (χ4v) is 3.23. The lowest BCUT2D eigenvalue weighted by Crippen LogP contribution is -2.17. The molecule has 1 amide bonds. The zero-order valence-corrected chi connectivity index (χ0v) is 15.0. The molecule has 7 heteroatoms. The first kappa shape index (κ1) is 17.8. The van der Waals surface area contributed by atoms with Gasteiger partial charge in [-0.2, -0.15) is 0 Å². The summed E-state index contributed by atoms with van der Waals surface area (Å²) in [6, 6.07) is 12.2. The van der Waals surface area contributed by atoms with E-state index in [1.54, 1.807) is 29.8 Å². The lowest BCUT2D eigenvalue weighted by Gasteiger charge is -2.11. The van der Waals surface area contributed by atoms with Crippen molar-refractivity contribution in [2.24, 2.45) is 7.05 Å². The van der Waals surface area contributed by atoms with Crippen LogP contribution in [0.15, 0.2) is 42.5 Å². The van der Waals surface area contributed by atoms with Crippen molar-refractivity contribution >= 4 is 40.1 Å². The van der Waals surface area contributed by atoms with Crippen LogP contribution in [0.25, 0.3) is 10.9 Å². The largest absolute Gasteiger partial charge is 0.495 e. The molecule has 2 N–H and O–H groups in total. The molecule has 0 aliphatic carbocycles. The van der Waals surface area contributed by atoms with Gasteiger partial charge >= 0.3 is 5.97 Å². The van der Waals surface area contributed by atoms with E-state index in [2.05, 4.69) is 5.32 Å². The summed E-state index contributed by atoms with van der Waals surface area (Å²) >= 11 is 5.98. The number of hydrogen-bond acceptors (Lipinski definition) is 3. The molecule has 0 spiro atoms. The molecule has 0 radical (unpaired) electrons. The maximum absolute atomic E-state index is 12.6. The van der Waals surface area contributed by atoms with Crippen LogP contribution >= 0.6 is 11.6 Å². The first-order valence-corrected chi connectivity index (χ1v) is 8.23. The summed E-state index contributed by atoms with van der Waals surface area (Å²) in [6.45, 7) is 0. The molecular weight excluding hydrogens is 356 g/mol. The Morgan fingerprint density at radius 2 is 1.96 bits per heavy atom. The van der Waals surface area contributed by atoms with Gasteiger partial charge in [0.15, 0.2) is 0 Å². The molecule has 26 heavy (non-hydrogen) atoms. The molecule has 6 nitrogen and oxygen atoms in total. The number of carbonyl (C=O) groups is 2. The number of nitrogens with one attached hydrogen (secondary N) is 1. The zero-order chi connectivity index (χ0) is 18.8. The van der Waals surface area contributed by atoms with Crippen molar-refractivity contribution in [1.29, 1.82) is 0 Å². The van der Waals surface area contributed by atoms with Gasteiger partial charge in [0, 0.05) is 28.5 Å². The standard InChI is InChI=1S/C19H17ClN2O4/c1-22-15-6-4-3-5-12(15)13(18(22)19(24)25)10-17(23)21-14-9-11(20)7-8-16(14)26-2/h3-9H,10H2,1-2H3,(H,21,23)(H,24,25). The molecule has 0 saturated heterocycles. The molecule has 2 aromatic carbocycles. The van der Waals surface area contributed by atoms with E-state index < -0.39 is 5.97 Å². The number of rotatable bonds is 5. The van der Waals surface area contributed by atoms with Crippen LogP contribution in [0.1, 0.15) is 16.1 Å². The van der Waals surface area contributed by atoms with E-state index in [-0.39, 0.29) is 18.0 Å². The van der Waals surface area contributed by atoms with E-state index in [1.807, 2.05) is 24.3 Å². The molecule has 0 bridgehead atoms. The van der Waals surface area contributed by atoms with Crippen molar-refractivity contribution in [1.82, 2.24) is 4.57 Å². The number of carboxylic acid groups (broad SMARTS) is 1. The predicted molar refractivity (Wildman–Crippen MR) is 100 cm³/mol. The minimum Gasteiger partial charge on any atom is -0.495 e. The number of aromatic nitrogens is 1. The van der Waals surface area contributed by atoms with Crippen molar-refractivity contribution in [3.63, 3.8) is 0 Å². The molecule has 0 saturated carbocycles. The lowest BCUT2D eigenvalue weighted by molar-refractivity contribution is -0.115. The number of anilines is 1. The van der Waals surface area contributed by atoms with E-state index >= 15 is 0 Å². The van der Waals surface area contributed by atoms with Gasteiger partial charge in [-0.1, -0.05) is 29.8 Å². The Hall–Kier alpha value is -2.99. The zero-order valence-electron chi connectivity index (χ0n) is 14.2. The Morgan fingerprint density at radius 1 is 1.23 bits per heavy atom. The third-order valence-electron chi connectivity index (χ3n) is 4.19. The Kier molecular flexibility index (Phi) is 4.86. The van der Waals surface area contributed by atoms with Crippen LogP contribution < -0.4 is 10.1 Å². The van der Waals surface area contributed by atoms with Crippen LogP contribution in [-0.4, -0.2) is 28.7 Å². The molecule has 0 aliphatic heterocycles. The van der Waals surface area contributed by atoms with Gasteiger partial charge in [-0.3, -0.25) is 4.79 Å². The maximum atomic E-state index is 12.6. The van der Waals surface area contributed by atoms with E-state index in [9.17, 15) is 14.7 Å². The summed E-state index contributed by atoms with van der Waals surface area (Å²) in [5.41, 5.74) is 1.75. The number of halogens is 1. The Bertz CT molecular complexity index is 1010. The van der Waals surface area contributed by atoms with Crippen molar-refractivity contribution in [2.75, 3.05) is 12.4 Å². The Labute approximate surface area is 154 Å². The van der Waals surface area contributed by atoms with Crippen LogP contribution in [0.5, 0.6) is 5.75 Å². The normalized spacial score (nSPS) is 10.7. The summed E-state index contributed by atoms with van der Waals surface area (Å²) in [6.07, 6.45) is -0.0847. The fourth-order valence-electron chi connectivity index (χ4n) is 3.06.